The number of halogens is 1. The van der Waals surface area contributed by atoms with Gasteiger partial charge >= 0.3 is 5.97 Å². The number of aryl methyl sites for hydroxylation is 3. The fourth-order valence-corrected chi connectivity index (χ4v) is 6.39. The van der Waals surface area contributed by atoms with Gasteiger partial charge in [-0.05, 0) is 62.9 Å². The van der Waals surface area contributed by atoms with Crippen molar-refractivity contribution in [1.29, 1.82) is 0 Å². The summed E-state index contributed by atoms with van der Waals surface area (Å²) in [6, 6.07) is 7.35. The molecule has 0 radical (unpaired) electrons. The molecule has 10 heteroatoms. The summed E-state index contributed by atoms with van der Waals surface area (Å²) in [5, 5.41) is 2.98. The van der Waals surface area contributed by atoms with Crippen LogP contribution in [0, 0.1) is 20.8 Å². The Morgan fingerprint density at radius 3 is 2.45 bits per heavy atom. The molecule has 1 heterocycles. The molecule has 0 saturated carbocycles. The van der Waals surface area contributed by atoms with Gasteiger partial charge in [-0.25, -0.2) is 8.42 Å². The summed E-state index contributed by atoms with van der Waals surface area (Å²) in [5.41, 5.74) is 2.55. The first-order chi connectivity index (χ1) is 15.5. The van der Waals surface area contributed by atoms with Gasteiger partial charge in [-0.15, -0.1) is 0 Å². The SMILES string of the molecule is COc1ccc(Cl)cc1NC(=O)COC(=O)C1CCCN1S(=O)(=O)c1c(C)cc(C)cc1C. The van der Waals surface area contributed by atoms with Crippen LogP contribution in [0.4, 0.5) is 5.69 Å². The maximum Gasteiger partial charge on any atom is 0.324 e. The number of sulfonamides is 1. The second kappa shape index (κ2) is 10.1. The molecule has 0 aromatic heterocycles. The van der Waals surface area contributed by atoms with Crippen LogP contribution >= 0.6 is 11.6 Å². The number of carbonyl (C=O) groups excluding carboxylic acids is 2. The molecule has 1 fully saturated rings. The third-order valence-electron chi connectivity index (χ3n) is 5.43. The molecule has 1 aliphatic rings. The van der Waals surface area contributed by atoms with E-state index in [0.29, 0.717) is 40.4 Å². The first kappa shape index (κ1) is 25.0. The van der Waals surface area contributed by atoms with Gasteiger partial charge in [0.2, 0.25) is 10.0 Å². The Hall–Kier alpha value is -2.62. The maximum atomic E-state index is 13.4. The van der Waals surface area contributed by atoms with Crippen molar-refractivity contribution in [2.45, 2.75) is 44.6 Å². The molecule has 1 saturated heterocycles. The summed E-state index contributed by atoms with van der Waals surface area (Å²) < 4.78 is 38.3. The van der Waals surface area contributed by atoms with E-state index in [2.05, 4.69) is 5.32 Å². The largest absolute Gasteiger partial charge is 0.495 e. The zero-order chi connectivity index (χ0) is 24.3. The van der Waals surface area contributed by atoms with Gasteiger partial charge in [0.25, 0.3) is 5.91 Å². The number of benzene rings is 2. The van der Waals surface area contributed by atoms with Crippen molar-refractivity contribution in [3.8, 4) is 5.75 Å². The number of carbonyl (C=O) groups is 2. The van der Waals surface area contributed by atoms with E-state index < -0.39 is 34.5 Å². The lowest BCUT2D eigenvalue weighted by Gasteiger charge is -2.24. The first-order valence-electron chi connectivity index (χ1n) is 10.4. The average molecular weight is 495 g/mol. The Morgan fingerprint density at radius 2 is 1.82 bits per heavy atom. The van der Waals surface area contributed by atoms with Gasteiger partial charge in [-0.1, -0.05) is 29.3 Å². The molecule has 0 bridgehead atoms. The predicted octanol–water partition coefficient (Wildman–Crippen LogP) is 3.61. The Labute approximate surface area is 198 Å². The molecular formula is C23H27ClN2O6S. The van der Waals surface area contributed by atoms with Crippen molar-refractivity contribution in [3.05, 3.63) is 52.0 Å². The standard InChI is InChI=1S/C23H27ClN2O6S/c1-14-10-15(2)22(16(3)11-14)33(29,30)26-9-5-6-19(26)23(28)32-13-21(27)25-18-12-17(24)7-8-20(18)31-4/h7-8,10-12,19H,5-6,9,13H2,1-4H3,(H,25,27). The van der Waals surface area contributed by atoms with Crippen molar-refractivity contribution in [2.24, 2.45) is 0 Å². The fourth-order valence-electron chi connectivity index (χ4n) is 4.15. The molecule has 0 spiro atoms. The number of ether oxygens (including phenoxy) is 2. The lowest BCUT2D eigenvalue weighted by Crippen LogP contribution is -2.42. The third-order valence-corrected chi connectivity index (χ3v) is 7.88. The number of hydrogen-bond acceptors (Lipinski definition) is 6. The quantitative estimate of drug-likeness (QED) is 0.590. The highest BCUT2D eigenvalue weighted by molar-refractivity contribution is 7.89. The smallest absolute Gasteiger partial charge is 0.324 e. The summed E-state index contributed by atoms with van der Waals surface area (Å²) in [4.78, 5) is 25.3. The van der Waals surface area contributed by atoms with E-state index in [9.17, 15) is 18.0 Å². The normalized spacial score (nSPS) is 16.5. The zero-order valence-electron chi connectivity index (χ0n) is 19.0. The van der Waals surface area contributed by atoms with Gasteiger partial charge in [0.1, 0.15) is 11.8 Å². The van der Waals surface area contributed by atoms with Crippen LogP contribution in [0.25, 0.3) is 0 Å². The van der Waals surface area contributed by atoms with E-state index in [1.165, 1.54) is 17.5 Å². The molecule has 178 valence electrons. The van der Waals surface area contributed by atoms with Crippen LogP contribution in [0.15, 0.2) is 35.2 Å². The van der Waals surface area contributed by atoms with E-state index >= 15 is 0 Å². The van der Waals surface area contributed by atoms with Crippen LogP contribution in [0.5, 0.6) is 5.75 Å². The molecule has 1 amide bonds. The first-order valence-corrected chi connectivity index (χ1v) is 12.3. The molecule has 2 aromatic carbocycles. The minimum atomic E-state index is -3.91. The van der Waals surface area contributed by atoms with E-state index in [4.69, 9.17) is 21.1 Å². The van der Waals surface area contributed by atoms with Crippen LogP contribution in [0.2, 0.25) is 5.02 Å². The fraction of sp³-hybridized carbons (Fsp3) is 0.391. The molecule has 1 N–H and O–H groups in total. The highest BCUT2D eigenvalue weighted by atomic mass is 35.5. The van der Waals surface area contributed by atoms with Crippen LogP contribution in [-0.4, -0.2) is 50.9 Å². The van der Waals surface area contributed by atoms with Gasteiger partial charge in [0.05, 0.1) is 17.7 Å². The van der Waals surface area contributed by atoms with Crippen LogP contribution in [-0.2, 0) is 24.3 Å². The number of rotatable bonds is 7. The molecule has 8 nitrogen and oxygen atoms in total. The van der Waals surface area contributed by atoms with E-state index in [0.717, 1.165) is 5.56 Å². The topological polar surface area (TPSA) is 102 Å². The average Bonchev–Trinajstić information content (AvgIpc) is 3.22. The monoisotopic (exact) mass is 494 g/mol. The van der Waals surface area contributed by atoms with Gasteiger partial charge in [0.15, 0.2) is 6.61 Å². The van der Waals surface area contributed by atoms with E-state index in [1.54, 1.807) is 38.1 Å². The van der Waals surface area contributed by atoms with Crippen molar-refractivity contribution >= 4 is 39.2 Å². The van der Waals surface area contributed by atoms with Crippen LogP contribution in [0.3, 0.4) is 0 Å². The number of nitrogens with zero attached hydrogens (tertiary/aromatic N) is 1. The van der Waals surface area contributed by atoms with Gasteiger partial charge in [-0.2, -0.15) is 4.31 Å². The van der Waals surface area contributed by atoms with Gasteiger partial charge in [0, 0.05) is 11.6 Å². The Kier molecular flexibility index (Phi) is 7.66. The van der Waals surface area contributed by atoms with Gasteiger partial charge < -0.3 is 14.8 Å². The molecule has 3 rings (SSSR count). The number of amides is 1. The summed E-state index contributed by atoms with van der Waals surface area (Å²) in [6.07, 6.45) is 0.848. The third kappa shape index (κ3) is 5.48. The molecular weight excluding hydrogens is 468 g/mol. The summed E-state index contributed by atoms with van der Waals surface area (Å²) in [5.74, 6) is -0.954. The van der Waals surface area contributed by atoms with Crippen molar-refractivity contribution in [3.63, 3.8) is 0 Å². The van der Waals surface area contributed by atoms with Crippen molar-refractivity contribution in [1.82, 2.24) is 4.31 Å². The van der Waals surface area contributed by atoms with Crippen molar-refractivity contribution < 1.29 is 27.5 Å². The second-order valence-electron chi connectivity index (χ2n) is 8.00. The Morgan fingerprint density at radius 1 is 1.15 bits per heavy atom. The maximum absolute atomic E-state index is 13.4. The molecule has 33 heavy (non-hydrogen) atoms. The summed E-state index contributed by atoms with van der Waals surface area (Å²) in [7, 11) is -2.46. The van der Waals surface area contributed by atoms with Crippen LogP contribution in [0.1, 0.15) is 29.5 Å². The van der Waals surface area contributed by atoms with E-state index in [-0.39, 0.29) is 11.4 Å². The Balaban J connectivity index is 1.70. The minimum absolute atomic E-state index is 0.207. The lowest BCUT2D eigenvalue weighted by molar-refractivity contribution is -0.150. The molecule has 1 aliphatic heterocycles. The molecule has 2 aromatic rings. The molecule has 1 unspecified atom stereocenters. The molecule has 1 atom stereocenters. The highest BCUT2D eigenvalue weighted by Gasteiger charge is 2.41. The number of esters is 1. The summed E-state index contributed by atoms with van der Waals surface area (Å²) >= 11 is 5.96. The zero-order valence-corrected chi connectivity index (χ0v) is 20.5. The second-order valence-corrected chi connectivity index (χ2v) is 10.3. The number of nitrogens with one attached hydrogen (secondary N) is 1. The van der Waals surface area contributed by atoms with Crippen LogP contribution < -0.4 is 10.1 Å². The number of anilines is 1. The number of methoxy groups -OCH3 is 1. The summed E-state index contributed by atoms with van der Waals surface area (Å²) in [6.45, 7) is 5.02. The Bertz CT molecular complexity index is 1160. The molecule has 0 aliphatic carbocycles. The predicted molar refractivity (Wildman–Crippen MR) is 125 cm³/mol. The van der Waals surface area contributed by atoms with Crippen molar-refractivity contribution in [2.75, 3.05) is 25.6 Å². The van der Waals surface area contributed by atoms with Gasteiger partial charge in [-0.3, -0.25) is 9.59 Å². The highest BCUT2D eigenvalue weighted by Crippen LogP contribution is 2.31. The lowest BCUT2D eigenvalue weighted by atomic mass is 10.1. The number of hydrogen-bond donors (Lipinski definition) is 1. The minimum Gasteiger partial charge on any atom is -0.495 e. The van der Waals surface area contributed by atoms with E-state index in [1.807, 2.05) is 6.92 Å².